The molecular weight excluding hydrogens is 608 g/mol. The van der Waals surface area contributed by atoms with Gasteiger partial charge in [0.05, 0.1) is 11.5 Å². The van der Waals surface area contributed by atoms with Gasteiger partial charge in [0.2, 0.25) is 11.8 Å². The molecule has 1 aliphatic carbocycles. The fourth-order valence-corrected chi connectivity index (χ4v) is 6.99. The van der Waals surface area contributed by atoms with E-state index in [1.54, 1.807) is 24.0 Å². The van der Waals surface area contributed by atoms with Crippen molar-refractivity contribution in [2.75, 3.05) is 19.6 Å². The lowest BCUT2D eigenvalue weighted by Gasteiger charge is -2.42. The lowest BCUT2D eigenvalue weighted by Crippen LogP contribution is -2.52. The van der Waals surface area contributed by atoms with Gasteiger partial charge in [-0.05, 0) is 74.3 Å². The summed E-state index contributed by atoms with van der Waals surface area (Å²) in [6.07, 6.45) is 5.35. The van der Waals surface area contributed by atoms with Gasteiger partial charge in [0.25, 0.3) is 0 Å². The first-order valence-electron chi connectivity index (χ1n) is 17.0. The highest BCUT2D eigenvalue weighted by molar-refractivity contribution is 5.97. The van der Waals surface area contributed by atoms with Crippen molar-refractivity contribution in [3.63, 3.8) is 0 Å². The van der Waals surface area contributed by atoms with Gasteiger partial charge in [-0.1, -0.05) is 92.2 Å². The number of amides is 2. The minimum atomic E-state index is -1.50. The lowest BCUT2D eigenvalue weighted by atomic mass is 9.63. The predicted molar refractivity (Wildman–Crippen MR) is 187 cm³/mol. The molecule has 4 atom stereocenters. The average Bonchev–Trinajstić information content (AvgIpc) is 3.06. The number of carbonyl (C=O) groups excluding carboxylic acids is 2. The number of halogens is 2. The maximum absolute atomic E-state index is 14.4. The number of primary amides is 1. The van der Waals surface area contributed by atoms with Crippen LogP contribution in [0.1, 0.15) is 69.2 Å². The van der Waals surface area contributed by atoms with E-state index in [0.29, 0.717) is 24.2 Å². The van der Waals surface area contributed by atoms with Crippen LogP contribution in [0.15, 0.2) is 102 Å². The number of nitrogens with one attached hydrogen (secondary N) is 1. The SMILES string of the molecule is CCCN(CCC)C(=O)C1=CC(C)=CC(C(N)=O)([C@H](Cc2cc(F)cc(F)c2)[C@@H](O)CNC(CCc2ccccc2)c2ccccc2)C1. The second-order valence-electron chi connectivity index (χ2n) is 13.0. The van der Waals surface area contributed by atoms with Crippen LogP contribution in [-0.4, -0.2) is 47.6 Å². The third kappa shape index (κ3) is 9.48. The van der Waals surface area contributed by atoms with E-state index >= 15 is 0 Å². The zero-order valence-electron chi connectivity index (χ0n) is 28.3. The molecule has 4 rings (SSSR count). The first kappa shape index (κ1) is 36.7. The van der Waals surface area contributed by atoms with Crippen molar-refractivity contribution in [2.24, 2.45) is 17.1 Å². The van der Waals surface area contributed by atoms with E-state index < -0.39 is 35.0 Å². The summed E-state index contributed by atoms with van der Waals surface area (Å²) in [5.74, 6) is -3.30. The van der Waals surface area contributed by atoms with Crippen LogP contribution < -0.4 is 11.1 Å². The molecule has 0 saturated carbocycles. The molecule has 3 aromatic rings. The third-order valence-electron chi connectivity index (χ3n) is 9.22. The van der Waals surface area contributed by atoms with Gasteiger partial charge in [0.15, 0.2) is 0 Å². The number of rotatable bonds is 17. The first-order valence-corrected chi connectivity index (χ1v) is 17.0. The van der Waals surface area contributed by atoms with Crippen molar-refractivity contribution in [1.29, 1.82) is 0 Å². The molecule has 0 heterocycles. The van der Waals surface area contributed by atoms with Crippen LogP contribution >= 0.6 is 0 Å². The summed E-state index contributed by atoms with van der Waals surface area (Å²) < 4.78 is 28.9. The Balaban J connectivity index is 1.69. The summed E-state index contributed by atoms with van der Waals surface area (Å²) in [5, 5.41) is 15.6. The summed E-state index contributed by atoms with van der Waals surface area (Å²) in [6, 6.07) is 23.2. The monoisotopic (exact) mass is 657 g/mol. The lowest BCUT2D eigenvalue weighted by molar-refractivity contribution is -0.132. The van der Waals surface area contributed by atoms with Gasteiger partial charge >= 0.3 is 0 Å². The van der Waals surface area contributed by atoms with Gasteiger partial charge in [-0.15, -0.1) is 0 Å². The molecule has 0 bridgehead atoms. The van der Waals surface area contributed by atoms with Gasteiger partial charge in [-0.3, -0.25) is 9.59 Å². The molecule has 3 aromatic carbocycles. The average molecular weight is 658 g/mol. The molecule has 0 saturated heterocycles. The second-order valence-corrected chi connectivity index (χ2v) is 13.0. The minimum absolute atomic E-state index is 0.0297. The summed E-state index contributed by atoms with van der Waals surface area (Å²) >= 11 is 0. The van der Waals surface area contributed by atoms with Crippen LogP contribution in [0.25, 0.3) is 0 Å². The Labute approximate surface area is 283 Å². The van der Waals surface area contributed by atoms with Crippen LogP contribution in [-0.2, 0) is 22.4 Å². The van der Waals surface area contributed by atoms with E-state index in [9.17, 15) is 23.5 Å². The number of benzene rings is 3. The van der Waals surface area contributed by atoms with Gasteiger partial charge in [-0.2, -0.15) is 0 Å². The van der Waals surface area contributed by atoms with Crippen LogP contribution in [0.5, 0.6) is 0 Å². The number of nitrogens with zero attached hydrogens (tertiary/aromatic N) is 1. The number of nitrogens with two attached hydrogens (primary N) is 1. The van der Waals surface area contributed by atoms with Crippen LogP contribution in [0.2, 0.25) is 0 Å². The zero-order valence-corrected chi connectivity index (χ0v) is 28.3. The molecule has 256 valence electrons. The number of hydrogen-bond donors (Lipinski definition) is 3. The molecule has 0 aromatic heterocycles. The number of allylic oxidation sites excluding steroid dienone is 2. The number of aliphatic hydroxyl groups is 1. The highest BCUT2D eigenvalue weighted by Crippen LogP contribution is 2.44. The van der Waals surface area contributed by atoms with E-state index in [0.717, 1.165) is 37.3 Å². The first-order chi connectivity index (χ1) is 23.1. The van der Waals surface area contributed by atoms with Gasteiger partial charge < -0.3 is 21.1 Å². The van der Waals surface area contributed by atoms with Crippen LogP contribution in [0.4, 0.5) is 8.78 Å². The fraction of sp³-hybridized carbons (Fsp3) is 0.400. The normalized spacial score (nSPS) is 18.0. The molecule has 1 aliphatic rings. The summed E-state index contributed by atoms with van der Waals surface area (Å²) in [5.41, 5.74) is 8.33. The van der Waals surface area contributed by atoms with E-state index in [1.165, 1.54) is 17.7 Å². The highest BCUT2D eigenvalue weighted by atomic mass is 19.1. The molecular formula is C40H49F2N3O3. The van der Waals surface area contributed by atoms with Crippen molar-refractivity contribution < 1.29 is 23.5 Å². The molecule has 2 amide bonds. The van der Waals surface area contributed by atoms with E-state index in [1.807, 2.05) is 62.4 Å². The summed E-state index contributed by atoms with van der Waals surface area (Å²) in [6.45, 7) is 7.02. The van der Waals surface area contributed by atoms with E-state index in [-0.39, 0.29) is 36.9 Å². The maximum atomic E-state index is 14.4. The van der Waals surface area contributed by atoms with Crippen molar-refractivity contribution in [2.45, 2.75) is 71.4 Å². The Morgan fingerprint density at radius 3 is 2.12 bits per heavy atom. The Morgan fingerprint density at radius 2 is 1.54 bits per heavy atom. The molecule has 0 radical (unpaired) electrons. The topological polar surface area (TPSA) is 95.7 Å². The molecule has 0 spiro atoms. The van der Waals surface area contributed by atoms with Crippen molar-refractivity contribution in [3.05, 3.63) is 130 Å². The molecule has 48 heavy (non-hydrogen) atoms. The van der Waals surface area contributed by atoms with Crippen LogP contribution in [0.3, 0.4) is 0 Å². The Morgan fingerprint density at radius 1 is 0.938 bits per heavy atom. The van der Waals surface area contributed by atoms with E-state index in [4.69, 9.17) is 5.73 Å². The highest BCUT2D eigenvalue weighted by Gasteiger charge is 2.48. The minimum Gasteiger partial charge on any atom is -0.391 e. The largest absolute Gasteiger partial charge is 0.391 e. The van der Waals surface area contributed by atoms with Gasteiger partial charge in [-0.25, -0.2) is 8.78 Å². The van der Waals surface area contributed by atoms with Gasteiger partial charge in [0.1, 0.15) is 11.6 Å². The smallest absolute Gasteiger partial charge is 0.249 e. The Bertz CT molecular complexity index is 1550. The summed E-state index contributed by atoms with van der Waals surface area (Å²) in [4.78, 5) is 29.3. The van der Waals surface area contributed by atoms with E-state index in [2.05, 4.69) is 17.4 Å². The fourth-order valence-electron chi connectivity index (χ4n) is 6.99. The third-order valence-corrected chi connectivity index (χ3v) is 9.22. The Hall–Kier alpha value is -4.14. The maximum Gasteiger partial charge on any atom is 0.249 e. The summed E-state index contributed by atoms with van der Waals surface area (Å²) in [7, 11) is 0. The molecule has 4 N–H and O–H groups in total. The number of aryl methyl sites for hydroxylation is 1. The molecule has 2 unspecified atom stereocenters. The molecule has 0 aliphatic heterocycles. The number of hydrogen-bond acceptors (Lipinski definition) is 4. The predicted octanol–water partition coefficient (Wildman–Crippen LogP) is 6.84. The number of aliphatic hydroxyl groups excluding tert-OH is 1. The Kier molecular flexibility index (Phi) is 13.2. The molecule has 8 heteroatoms. The number of carbonyl (C=O) groups is 2. The van der Waals surface area contributed by atoms with Gasteiger partial charge in [0, 0.05) is 43.2 Å². The van der Waals surface area contributed by atoms with Crippen LogP contribution in [0, 0.1) is 23.0 Å². The van der Waals surface area contributed by atoms with Crippen molar-refractivity contribution in [1.82, 2.24) is 10.2 Å². The standard InChI is InChI=1S/C40H49F2N3O3/c1-4-18-45(19-5-2)38(47)32-20-28(3)25-40(26-32,39(43)48)35(23-30-21-33(41)24-34(42)22-30)37(46)27-44-36(31-14-10-7-11-15-31)17-16-29-12-8-6-9-13-29/h6-15,20-22,24-25,35-37,44,46H,4-5,16-19,23,26-27H2,1-3H3,(H2,43,48)/t35-,36?,37+,40?/m1/s1. The van der Waals surface area contributed by atoms with Crippen molar-refractivity contribution >= 4 is 11.8 Å². The zero-order chi connectivity index (χ0) is 34.7. The molecule has 0 fully saturated rings. The second kappa shape index (κ2) is 17.3. The quantitative estimate of drug-likeness (QED) is 0.148. The van der Waals surface area contributed by atoms with Crippen molar-refractivity contribution in [3.8, 4) is 0 Å². The molecule has 6 nitrogen and oxygen atoms in total.